The first-order valence-corrected chi connectivity index (χ1v) is 5.25. The maximum Gasteiger partial charge on any atom is 0.273 e. The van der Waals surface area contributed by atoms with Crippen LogP contribution in [0.25, 0.3) is 0 Å². The lowest BCUT2D eigenvalue weighted by molar-refractivity contribution is 0.0948. The number of methoxy groups -OCH3 is 1. The van der Waals surface area contributed by atoms with E-state index in [1.807, 2.05) is 0 Å². The monoisotopic (exact) mass is 244 g/mol. The number of alkyl halides is 1. The SMILES string of the molecule is COCc1cc(C(=O)NC/C=C/CCl)no1. The highest BCUT2D eigenvalue weighted by atomic mass is 35.5. The molecule has 1 heterocycles. The molecule has 0 bridgehead atoms. The van der Waals surface area contributed by atoms with Crippen LogP contribution in [0.15, 0.2) is 22.7 Å². The lowest BCUT2D eigenvalue weighted by Crippen LogP contribution is -2.23. The predicted octanol–water partition coefficient (Wildman–Crippen LogP) is 1.35. The van der Waals surface area contributed by atoms with E-state index in [4.69, 9.17) is 20.9 Å². The van der Waals surface area contributed by atoms with Crippen molar-refractivity contribution >= 4 is 17.5 Å². The number of halogens is 1. The van der Waals surface area contributed by atoms with Gasteiger partial charge in [0.2, 0.25) is 0 Å². The number of amides is 1. The summed E-state index contributed by atoms with van der Waals surface area (Å²) in [5.41, 5.74) is 0.242. The molecule has 16 heavy (non-hydrogen) atoms. The van der Waals surface area contributed by atoms with Gasteiger partial charge in [-0.05, 0) is 0 Å². The molecule has 0 atom stereocenters. The first kappa shape index (κ1) is 12.7. The molecule has 6 heteroatoms. The third-order valence-electron chi connectivity index (χ3n) is 1.71. The predicted molar refractivity (Wildman–Crippen MR) is 59.4 cm³/mol. The summed E-state index contributed by atoms with van der Waals surface area (Å²) in [6, 6.07) is 1.55. The van der Waals surface area contributed by atoms with Crippen LogP contribution < -0.4 is 5.32 Å². The van der Waals surface area contributed by atoms with Gasteiger partial charge in [0, 0.05) is 25.6 Å². The Labute approximate surface area is 98.4 Å². The van der Waals surface area contributed by atoms with Gasteiger partial charge in [-0.25, -0.2) is 0 Å². The van der Waals surface area contributed by atoms with Crippen molar-refractivity contribution in [2.45, 2.75) is 6.61 Å². The number of ether oxygens (including phenoxy) is 1. The van der Waals surface area contributed by atoms with Gasteiger partial charge in [0.1, 0.15) is 6.61 Å². The van der Waals surface area contributed by atoms with Crippen LogP contribution in [0.5, 0.6) is 0 Å². The summed E-state index contributed by atoms with van der Waals surface area (Å²) < 4.78 is 9.72. The molecule has 0 aromatic carbocycles. The number of carbonyl (C=O) groups excluding carboxylic acids is 1. The van der Waals surface area contributed by atoms with E-state index in [-0.39, 0.29) is 11.6 Å². The first-order valence-electron chi connectivity index (χ1n) is 4.71. The highest BCUT2D eigenvalue weighted by Crippen LogP contribution is 2.04. The Morgan fingerprint density at radius 3 is 3.19 bits per heavy atom. The van der Waals surface area contributed by atoms with Crippen LogP contribution in [0.4, 0.5) is 0 Å². The van der Waals surface area contributed by atoms with Crippen LogP contribution >= 0.6 is 11.6 Å². The topological polar surface area (TPSA) is 64.4 Å². The molecule has 0 aliphatic heterocycles. The van der Waals surface area contributed by atoms with Crippen molar-refractivity contribution < 1.29 is 14.1 Å². The van der Waals surface area contributed by atoms with Gasteiger partial charge in [0.15, 0.2) is 11.5 Å². The quantitative estimate of drug-likeness (QED) is 0.606. The number of nitrogens with zero attached hydrogens (tertiary/aromatic N) is 1. The number of allylic oxidation sites excluding steroid dienone is 1. The van der Waals surface area contributed by atoms with Gasteiger partial charge in [-0.2, -0.15) is 0 Å². The van der Waals surface area contributed by atoms with Crippen molar-refractivity contribution in [3.63, 3.8) is 0 Å². The lowest BCUT2D eigenvalue weighted by Gasteiger charge is -1.96. The summed E-state index contributed by atoms with van der Waals surface area (Å²) in [6.45, 7) is 0.713. The van der Waals surface area contributed by atoms with E-state index in [0.29, 0.717) is 24.8 Å². The van der Waals surface area contributed by atoms with Gasteiger partial charge in [0.05, 0.1) is 0 Å². The average molecular weight is 245 g/mol. The summed E-state index contributed by atoms with van der Waals surface area (Å²) in [4.78, 5) is 11.5. The zero-order valence-electron chi connectivity index (χ0n) is 8.90. The van der Waals surface area contributed by atoms with Crippen LogP contribution in [-0.2, 0) is 11.3 Å². The summed E-state index contributed by atoms with van der Waals surface area (Å²) in [6.07, 6.45) is 3.52. The molecule has 0 unspecified atom stereocenters. The summed E-state index contributed by atoms with van der Waals surface area (Å²) in [5, 5.41) is 6.26. The Morgan fingerprint density at radius 1 is 1.69 bits per heavy atom. The van der Waals surface area contributed by atoms with Crippen molar-refractivity contribution in [2.24, 2.45) is 0 Å². The Bertz CT molecular complexity index is 363. The maximum atomic E-state index is 11.5. The number of carbonyl (C=O) groups is 1. The molecule has 88 valence electrons. The molecular weight excluding hydrogens is 232 g/mol. The van der Waals surface area contributed by atoms with E-state index in [1.165, 1.54) is 0 Å². The van der Waals surface area contributed by atoms with E-state index in [1.54, 1.807) is 25.3 Å². The molecule has 0 spiro atoms. The third kappa shape index (κ3) is 4.04. The van der Waals surface area contributed by atoms with E-state index < -0.39 is 0 Å². The van der Waals surface area contributed by atoms with Crippen molar-refractivity contribution in [3.05, 3.63) is 29.7 Å². The van der Waals surface area contributed by atoms with Crippen LogP contribution in [0, 0.1) is 0 Å². The fourth-order valence-electron chi connectivity index (χ4n) is 1.02. The number of nitrogens with one attached hydrogen (secondary N) is 1. The summed E-state index contributed by atoms with van der Waals surface area (Å²) >= 11 is 5.43. The Hall–Kier alpha value is -1.33. The zero-order chi connectivity index (χ0) is 11.8. The smallest absolute Gasteiger partial charge is 0.273 e. The minimum absolute atomic E-state index is 0.242. The zero-order valence-corrected chi connectivity index (χ0v) is 9.66. The van der Waals surface area contributed by atoms with Crippen molar-refractivity contribution in [2.75, 3.05) is 19.5 Å². The molecule has 1 amide bonds. The Kier molecular flexibility index (Phi) is 5.60. The van der Waals surface area contributed by atoms with Crippen molar-refractivity contribution in [1.29, 1.82) is 0 Å². The summed E-state index contributed by atoms with van der Waals surface area (Å²) in [7, 11) is 1.54. The number of hydrogen-bond acceptors (Lipinski definition) is 4. The molecule has 1 N–H and O–H groups in total. The van der Waals surface area contributed by atoms with E-state index in [9.17, 15) is 4.79 Å². The molecule has 1 aromatic rings. The highest BCUT2D eigenvalue weighted by Gasteiger charge is 2.10. The minimum Gasteiger partial charge on any atom is -0.377 e. The molecular formula is C10H13ClN2O3. The second-order valence-corrected chi connectivity index (χ2v) is 3.26. The van der Waals surface area contributed by atoms with Gasteiger partial charge >= 0.3 is 0 Å². The van der Waals surface area contributed by atoms with Crippen LogP contribution in [-0.4, -0.2) is 30.6 Å². The normalized spacial score (nSPS) is 10.9. The van der Waals surface area contributed by atoms with Gasteiger partial charge in [-0.3, -0.25) is 4.79 Å². The van der Waals surface area contributed by atoms with Crippen LogP contribution in [0.2, 0.25) is 0 Å². The van der Waals surface area contributed by atoms with Gasteiger partial charge in [-0.1, -0.05) is 17.3 Å². The largest absolute Gasteiger partial charge is 0.377 e. The Morgan fingerprint density at radius 2 is 2.50 bits per heavy atom. The highest BCUT2D eigenvalue weighted by molar-refractivity contribution is 6.18. The van der Waals surface area contributed by atoms with Gasteiger partial charge in [0.25, 0.3) is 5.91 Å². The molecule has 0 fully saturated rings. The standard InChI is InChI=1S/C10H13ClN2O3/c1-15-7-8-6-9(13-16-8)10(14)12-5-3-2-4-11/h2-3,6H,4-5,7H2,1H3,(H,12,14)/b3-2+. The second kappa shape index (κ2) is 7.03. The number of rotatable bonds is 6. The van der Waals surface area contributed by atoms with Crippen molar-refractivity contribution in [1.82, 2.24) is 10.5 Å². The fourth-order valence-corrected chi connectivity index (χ4v) is 1.14. The molecule has 0 saturated carbocycles. The maximum absolute atomic E-state index is 11.5. The molecule has 1 rings (SSSR count). The molecule has 0 saturated heterocycles. The second-order valence-electron chi connectivity index (χ2n) is 2.95. The fraction of sp³-hybridized carbons (Fsp3) is 0.400. The molecule has 5 nitrogen and oxygen atoms in total. The van der Waals surface area contributed by atoms with E-state index in [2.05, 4.69) is 10.5 Å². The van der Waals surface area contributed by atoms with E-state index in [0.717, 1.165) is 0 Å². The number of hydrogen-bond donors (Lipinski definition) is 1. The van der Waals surface area contributed by atoms with Crippen LogP contribution in [0.3, 0.4) is 0 Å². The molecule has 1 aromatic heterocycles. The van der Waals surface area contributed by atoms with E-state index >= 15 is 0 Å². The van der Waals surface area contributed by atoms with Gasteiger partial charge < -0.3 is 14.6 Å². The Balaban J connectivity index is 2.43. The van der Waals surface area contributed by atoms with Gasteiger partial charge in [-0.15, -0.1) is 11.6 Å². The molecule has 0 aliphatic carbocycles. The summed E-state index contributed by atoms with van der Waals surface area (Å²) in [5.74, 6) is 0.659. The average Bonchev–Trinajstić information content (AvgIpc) is 2.73. The van der Waals surface area contributed by atoms with Crippen molar-refractivity contribution in [3.8, 4) is 0 Å². The molecule has 0 radical (unpaired) electrons. The number of aromatic nitrogens is 1. The molecule has 0 aliphatic rings. The lowest BCUT2D eigenvalue weighted by atomic mass is 10.3. The third-order valence-corrected chi connectivity index (χ3v) is 1.89. The van der Waals surface area contributed by atoms with Crippen LogP contribution in [0.1, 0.15) is 16.2 Å². The first-order chi connectivity index (χ1) is 7.77. The minimum atomic E-state index is -0.287.